The Labute approximate surface area is 134 Å². The molecule has 0 aliphatic rings. The van der Waals surface area contributed by atoms with Gasteiger partial charge in [0, 0.05) is 18.6 Å². The number of aromatic nitrogens is 3. The Morgan fingerprint density at radius 1 is 1.36 bits per heavy atom. The third-order valence-electron chi connectivity index (χ3n) is 3.53. The summed E-state index contributed by atoms with van der Waals surface area (Å²) in [6, 6.07) is 1.83. The van der Waals surface area contributed by atoms with E-state index in [-0.39, 0.29) is 15.8 Å². The van der Waals surface area contributed by atoms with Crippen molar-refractivity contribution in [2.24, 2.45) is 0 Å². The van der Waals surface area contributed by atoms with Crippen LogP contribution in [0.1, 0.15) is 21.6 Å². The number of fused-ring (bicyclic) bond motifs is 1. The molecule has 0 atom stereocenters. The molecule has 3 rings (SSSR count). The number of halogens is 2. The number of hydrogen-bond acceptors (Lipinski definition) is 3. The summed E-state index contributed by atoms with van der Waals surface area (Å²) in [7, 11) is 0. The lowest BCUT2D eigenvalue weighted by atomic mass is 10.1. The number of aryl methyl sites for hydroxylation is 1. The first kappa shape index (κ1) is 14.6. The molecule has 1 amide bonds. The second-order valence-corrected chi connectivity index (χ2v) is 5.76. The van der Waals surface area contributed by atoms with Crippen LogP contribution < -0.4 is 5.32 Å². The number of anilines is 1. The molecule has 5 nitrogen and oxygen atoms in total. The largest absolute Gasteiger partial charge is 0.344 e. The number of H-pyrrole nitrogens is 1. The van der Waals surface area contributed by atoms with E-state index < -0.39 is 5.82 Å². The molecule has 0 unspecified atom stereocenters. The van der Waals surface area contributed by atoms with Crippen LogP contribution in [0, 0.1) is 19.7 Å². The highest BCUT2D eigenvalue weighted by molar-refractivity contribution is 9.10. The molecule has 7 heteroatoms. The van der Waals surface area contributed by atoms with E-state index in [0.29, 0.717) is 17.0 Å². The zero-order chi connectivity index (χ0) is 15.9. The second kappa shape index (κ2) is 5.49. The lowest BCUT2D eigenvalue weighted by Crippen LogP contribution is -2.15. The maximum Gasteiger partial charge on any atom is 0.274 e. The van der Waals surface area contributed by atoms with Gasteiger partial charge in [-0.2, -0.15) is 0 Å². The predicted octanol–water partition coefficient (Wildman–Crippen LogP) is 3.73. The summed E-state index contributed by atoms with van der Waals surface area (Å²) in [6.07, 6.45) is 4.45. The number of carbonyl (C=O) groups is 1. The molecular formula is C15H12BrFN4O. The second-order valence-electron chi connectivity index (χ2n) is 4.90. The zero-order valence-corrected chi connectivity index (χ0v) is 13.5. The minimum absolute atomic E-state index is 0.230. The van der Waals surface area contributed by atoms with Crippen LogP contribution >= 0.6 is 15.9 Å². The summed E-state index contributed by atoms with van der Waals surface area (Å²) in [6.45, 7) is 3.73. The summed E-state index contributed by atoms with van der Waals surface area (Å²) in [5.74, 6) is -0.864. The van der Waals surface area contributed by atoms with Crippen LogP contribution in [0.25, 0.3) is 11.0 Å². The average Bonchev–Trinajstić information content (AvgIpc) is 2.89. The van der Waals surface area contributed by atoms with Crippen molar-refractivity contribution in [2.45, 2.75) is 13.8 Å². The van der Waals surface area contributed by atoms with Gasteiger partial charge in [0.15, 0.2) is 5.82 Å². The van der Waals surface area contributed by atoms with E-state index in [9.17, 15) is 9.18 Å². The lowest BCUT2D eigenvalue weighted by molar-refractivity contribution is 0.102. The summed E-state index contributed by atoms with van der Waals surface area (Å²) >= 11 is 3.09. The predicted molar refractivity (Wildman–Crippen MR) is 85.4 cm³/mol. The highest BCUT2D eigenvalue weighted by atomic mass is 79.9. The van der Waals surface area contributed by atoms with Crippen molar-refractivity contribution in [2.75, 3.05) is 5.32 Å². The van der Waals surface area contributed by atoms with Crippen molar-refractivity contribution in [1.29, 1.82) is 0 Å². The maximum atomic E-state index is 14.2. The number of aromatic amines is 1. The molecule has 3 aromatic heterocycles. The average molecular weight is 363 g/mol. The summed E-state index contributed by atoms with van der Waals surface area (Å²) < 4.78 is 14.5. The highest BCUT2D eigenvalue weighted by Crippen LogP contribution is 2.29. The number of rotatable bonds is 2. The van der Waals surface area contributed by atoms with Gasteiger partial charge in [0.05, 0.1) is 15.5 Å². The van der Waals surface area contributed by atoms with Crippen LogP contribution in [0.5, 0.6) is 0 Å². The van der Waals surface area contributed by atoms with Gasteiger partial charge in [0.2, 0.25) is 0 Å². The smallest absolute Gasteiger partial charge is 0.274 e. The molecule has 0 bridgehead atoms. The molecule has 0 aliphatic carbocycles. The SMILES string of the molecule is Cc1ccnc(C(=O)Nc2c[nH]c3ncc(Br)c(F)c23)c1C. The van der Waals surface area contributed by atoms with E-state index in [4.69, 9.17) is 0 Å². The summed E-state index contributed by atoms with van der Waals surface area (Å²) in [4.78, 5) is 23.4. The molecule has 3 heterocycles. The fraction of sp³-hybridized carbons (Fsp3) is 0.133. The van der Waals surface area contributed by atoms with E-state index in [0.717, 1.165) is 11.1 Å². The van der Waals surface area contributed by atoms with Crippen LogP contribution in [-0.4, -0.2) is 20.9 Å². The van der Waals surface area contributed by atoms with Gasteiger partial charge in [0.1, 0.15) is 11.3 Å². The van der Waals surface area contributed by atoms with Crippen molar-refractivity contribution < 1.29 is 9.18 Å². The number of hydrogen-bond donors (Lipinski definition) is 2. The van der Waals surface area contributed by atoms with Gasteiger partial charge in [-0.15, -0.1) is 0 Å². The van der Waals surface area contributed by atoms with E-state index in [1.807, 2.05) is 19.9 Å². The number of nitrogens with zero attached hydrogens (tertiary/aromatic N) is 2. The Balaban J connectivity index is 2.02. The first-order chi connectivity index (χ1) is 10.5. The number of nitrogens with one attached hydrogen (secondary N) is 2. The molecule has 0 aromatic carbocycles. The Hall–Kier alpha value is -2.28. The molecule has 0 aliphatic heterocycles. The molecular weight excluding hydrogens is 351 g/mol. The van der Waals surface area contributed by atoms with Gasteiger partial charge in [-0.25, -0.2) is 9.37 Å². The fourth-order valence-electron chi connectivity index (χ4n) is 2.17. The third-order valence-corrected chi connectivity index (χ3v) is 4.09. The van der Waals surface area contributed by atoms with E-state index in [1.165, 1.54) is 12.4 Å². The standard InChI is InChI=1S/C15H12BrFN4O/c1-7-3-4-18-13(8(7)2)15(22)21-10-6-20-14-11(10)12(17)9(16)5-19-14/h3-6H,1-2H3,(H,19,20)(H,21,22). The minimum atomic E-state index is -0.476. The molecule has 0 spiro atoms. The third kappa shape index (κ3) is 2.37. The molecule has 22 heavy (non-hydrogen) atoms. The zero-order valence-electron chi connectivity index (χ0n) is 11.9. The van der Waals surface area contributed by atoms with Gasteiger partial charge in [-0.05, 0) is 47.0 Å². The molecule has 3 aromatic rings. The Morgan fingerprint density at radius 3 is 2.91 bits per heavy atom. The van der Waals surface area contributed by atoms with E-state index in [2.05, 4.69) is 36.2 Å². The Morgan fingerprint density at radius 2 is 2.14 bits per heavy atom. The van der Waals surface area contributed by atoms with Gasteiger partial charge >= 0.3 is 0 Å². The van der Waals surface area contributed by atoms with Crippen LogP contribution in [0.3, 0.4) is 0 Å². The van der Waals surface area contributed by atoms with Crippen molar-refractivity contribution in [1.82, 2.24) is 15.0 Å². The Bertz CT molecular complexity index is 891. The van der Waals surface area contributed by atoms with Crippen molar-refractivity contribution in [3.05, 3.63) is 51.8 Å². The quantitative estimate of drug-likeness (QED) is 0.729. The highest BCUT2D eigenvalue weighted by Gasteiger charge is 2.17. The molecule has 0 saturated carbocycles. The number of carbonyl (C=O) groups excluding carboxylic acids is 1. The van der Waals surface area contributed by atoms with Gasteiger partial charge < -0.3 is 10.3 Å². The minimum Gasteiger partial charge on any atom is -0.344 e. The number of pyridine rings is 2. The number of amides is 1. The Kier molecular flexibility index (Phi) is 3.66. The van der Waals surface area contributed by atoms with Crippen molar-refractivity contribution in [3.63, 3.8) is 0 Å². The van der Waals surface area contributed by atoms with E-state index in [1.54, 1.807) is 6.20 Å². The van der Waals surface area contributed by atoms with Crippen LogP contribution in [0.4, 0.5) is 10.1 Å². The topological polar surface area (TPSA) is 70.7 Å². The molecule has 2 N–H and O–H groups in total. The summed E-state index contributed by atoms with van der Waals surface area (Å²) in [5.41, 5.74) is 2.77. The van der Waals surface area contributed by atoms with Gasteiger partial charge in [0.25, 0.3) is 5.91 Å². The van der Waals surface area contributed by atoms with E-state index >= 15 is 0 Å². The molecule has 112 valence electrons. The van der Waals surface area contributed by atoms with Crippen LogP contribution in [0.15, 0.2) is 29.1 Å². The van der Waals surface area contributed by atoms with Crippen molar-refractivity contribution in [3.8, 4) is 0 Å². The lowest BCUT2D eigenvalue weighted by Gasteiger charge is -2.08. The molecule has 0 fully saturated rings. The molecule has 0 saturated heterocycles. The summed E-state index contributed by atoms with van der Waals surface area (Å²) in [5, 5.41) is 2.91. The first-order valence-corrected chi connectivity index (χ1v) is 7.33. The van der Waals surface area contributed by atoms with Gasteiger partial charge in [-0.1, -0.05) is 0 Å². The normalized spacial score (nSPS) is 10.9. The van der Waals surface area contributed by atoms with Crippen LogP contribution in [0.2, 0.25) is 0 Å². The van der Waals surface area contributed by atoms with Crippen LogP contribution in [-0.2, 0) is 0 Å². The first-order valence-electron chi connectivity index (χ1n) is 6.53. The monoisotopic (exact) mass is 362 g/mol. The maximum absolute atomic E-state index is 14.2. The van der Waals surface area contributed by atoms with Crippen molar-refractivity contribution >= 4 is 38.6 Å². The molecule has 0 radical (unpaired) electrons. The fourth-order valence-corrected chi connectivity index (χ4v) is 2.48. The van der Waals surface area contributed by atoms with Gasteiger partial charge in [-0.3, -0.25) is 9.78 Å².